The zero-order valence-corrected chi connectivity index (χ0v) is 16.0. The van der Waals surface area contributed by atoms with Gasteiger partial charge in [0.1, 0.15) is 5.01 Å². The third-order valence-corrected chi connectivity index (χ3v) is 4.79. The highest BCUT2D eigenvalue weighted by Gasteiger charge is 2.07. The maximum absolute atomic E-state index is 11.2. The van der Waals surface area contributed by atoms with E-state index >= 15 is 0 Å². The fourth-order valence-corrected chi connectivity index (χ4v) is 2.87. The van der Waals surface area contributed by atoms with E-state index in [0.717, 1.165) is 33.3 Å². The third kappa shape index (κ3) is 5.37. The summed E-state index contributed by atoms with van der Waals surface area (Å²) in [6.07, 6.45) is -0.508. The predicted molar refractivity (Wildman–Crippen MR) is 102 cm³/mol. The van der Waals surface area contributed by atoms with Crippen molar-refractivity contribution in [1.82, 2.24) is 10.3 Å². The number of methoxy groups -OCH3 is 1. The molecular weight excluding hydrogens is 360 g/mol. The van der Waals surface area contributed by atoms with Crippen molar-refractivity contribution in [2.24, 2.45) is 10.2 Å². The normalized spacial score (nSPS) is 12.2. The molecule has 2 rings (SSSR count). The van der Waals surface area contributed by atoms with Crippen molar-refractivity contribution < 1.29 is 9.53 Å². The lowest BCUT2D eigenvalue weighted by molar-refractivity contribution is 0.170. The van der Waals surface area contributed by atoms with Crippen LogP contribution in [0.25, 0.3) is 0 Å². The molecule has 2 aromatic rings. The molecule has 0 unspecified atom stereocenters. The molecule has 132 valence electrons. The molecule has 25 heavy (non-hydrogen) atoms. The van der Waals surface area contributed by atoms with Crippen LogP contribution in [0.2, 0.25) is 5.02 Å². The van der Waals surface area contributed by atoms with Gasteiger partial charge in [0.25, 0.3) is 0 Å². The van der Waals surface area contributed by atoms with Gasteiger partial charge in [0.2, 0.25) is 0 Å². The summed E-state index contributed by atoms with van der Waals surface area (Å²) < 4.78 is 4.56. The van der Waals surface area contributed by atoms with E-state index in [2.05, 4.69) is 25.2 Å². The molecule has 1 aromatic carbocycles. The largest absolute Gasteiger partial charge is 0.453 e. The van der Waals surface area contributed by atoms with Gasteiger partial charge < -0.3 is 10.1 Å². The molecule has 6 nitrogen and oxygen atoms in total. The quantitative estimate of drug-likeness (QED) is 0.625. The number of hydrogen-bond donors (Lipinski definition) is 1. The summed E-state index contributed by atoms with van der Waals surface area (Å²) >= 11 is 7.71. The number of carbonyl (C=O) groups excluding carboxylic acids is 1. The molecule has 1 aromatic heterocycles. The number of ether oxygens (including phenoxy) is 1. The topological polar surface area (TPSA) is 75.9 Å². The first-order valence-corrected chi connectivity index (χ1v) is 8.78. The molecule has 0 atom stereocenters. The summed E-state index contributed by atoms with van der Waals surface area (Å²) in [4.78, 5) is 15.6. The highest BCUT2D eigenvalue weighted by atomic mass is 35.5. The molecule has 0 aliphatic heterocycles. The van der Waals surface area contributed by atoms with Gasteiger partial charge in [-0.15, -0.1) is 11.3 Å². The monoisotopic (exact) mass is 378 g/mol. The van der Waals surface area contributed by atoms with Crippen molar-refractivity contribution in [3.63, 3.8) is 0 Å². The fourth-order valence-electron chi connectivity index (χ4n) is 1.95. The first kappa shape index (κ1) is 19.1. The maximum Gasteiger partial charge on any atom is 0.407 e. The fraction of sp³-hybridized carbons (Fsp3) is 0.294. The van der Waals surface area contributed by atoms with Gasteiger partial charge in [-0.3, -0.25) is 0 Å². The van der Waals surface area contributed by atoms with Crippen LogP contribution in [-0.2, 0) is 11.3 Å². The number of alkyl carbamates (subject to hydrolysis) is 1. The Morgan fingerprint density at radius 2 is 2.04 bits per heavy atom. The van der Waals surface area contributed by atoms with Gasteiger partial charge in [-0.2, -0.15) is 10.2 Å². The summed E-state index contributed by atoms with van der Waals surface area (Å²) in [5.41, 5.74) is 4.12. The van der Waals surface area contributed by atoms with Gasteiger partial charge in [-0.25, -0.2) is 9.78 Å². The van der Waals surface area contributed by atoms with Gasteiger partial charge >= 0.3 is 6.09 Å². The zero-order valence-electron chi connectivity index (χ0n) is 14.5. The molecule has 0 spiro atoms. The van der Waals surface area contributed by atoms with Crippen LogP contribution in [0.4, 0.5) is 4.79 Å². The minimum Gasteiger partial charge on any atom is -0.453 e. The van der Waals surface area contributed by atoms with Crippen molar-refractivity contribution >= 4 is 40.5 Å². The number of amides is 1. The Morgan fingerprint density at radius 3 is 2.68 bits per heavy atom. The summed E-state index contributed by atoms with van der Waals surface area (Å²) in [5.74, 6) is 0. The van der Waals surface area contributed by atoms with Gasteiger partial charge in [0.15, 0.2) is 0 Å². The molecule has 0 aliphatic rings. The van der Waals surface area contributed by atoms with Crippen molar-refractivity contribution in [3.05, 3.63) is 50.4 Å². The van der Waals surface area contributed by atoms with Gasteiger partial charge in [0.05, 0.1) is 18.5 Å². The lowest BCUT2D eigenvalue weighted by Gasteiger charge is -2.08. The molecule has 8 heteroatoms. The van der Waals surface area contributed by atoms with Crippen LogP contribution < -0.4 is 5.32 Å². The first-order valence-electron chi connectivity index (χ1n) is 7.52. The number of nitrogens with one attached hydrogen (secondary N) is 1. The van der Waals surface area contributed by atoms with Crippen molar-refractivity contribution in [3.8, 4) is 0 Å². The minimum atomic E-state index is -0.508. The van der Waals surface area contributed by atoms with Gasteiger partial charge in [-0.1, -0.05) is 17.7 Å². The maximum atomic E-state index is 11.2. The highest BCUT2D eigenvalue weighted by Crippen LogP contribution is 2.18. The Hall–Kier alpha value is -2.25. The number of halogens is 1. The van der Waals surface area contributed by atoms with Crippen LogP contribution in [0.5, 0.6) is 0 Å². The highest BCUT2D eigenvalue weighted by molar-refractivity contribution is 7.11. The molecule has 1 amide bonds. The SMILES string of the molecule is COC(=O)NCc1cc(C(C)=NN=C(C)c2nc(C)cs2)ccc1Cl. The molecule has 1 N–H and O–H groups in total. The lowest BCUT2D eigenvalue weighted by Crippen LogP contribution is -2.22. The minimum absolute atomic E-state index is 0.271. The molecule has 0 bridgehead atoms. The van der Waals surface area contributed by atoms with Crippen molar-refractivity contribution in [2.45, 2.75) is 27.3 Å². The molecule has 0 aliphatic carbocycles. The number of aromatic nitrogens is 1. The van der Waals surface area contributed by atoms with Crippen LogP contribution in [0.1, 0.15) is 35.7 Å². The second kappa shape index (κ2) is 8.73. The van der Waals surface area contributed by atoms with Gasteiger partial charge in [-0.05, 0) is 44.0 Å². The van der Waals surface area contributed by atoms with Crippen LogP contribution in [0.3, 0.4) is 0 Å². The van der Waals surface area contributed by atoms with Crippen LogP contribution in [0.15, 0.2) is 33.8 Å². The molecule has 0 saturated carbocycles. The van der Waals surface area contributed by atoms with E-state index in [9.17, 15) is 4.79 Å². The number of aryl methyl sites for hydroxylation is 1. The van der Waals surface area contributed by atoms with E-state index in [1.165, 1.54) is 7.11 Å². The third-order valence-electron chi connectivity index (χ3n) is 3.35. The molecular formula is C17H19ClN4O2S. The number of thiazole rings is 1. The Balaban J connectivity index is 2.18. The Kier molecular flexibility index (Phi) is 6.66. The number of carbonyl (C=O) groups is 1. The number of rotatable bonds is 5. The lowest BCUT2D eigenvalue weighted by atomic mass is 10.1. The Morgan fingerprint density at radius 1 is 1.32 bits per heavy atom. The number of nitrogens with zero attached hydrogens (tertiary/aromatic N) is 3. The van der Waals surface area contributed by atoms with E-state index < -0.39 is 6.09 Å². The van der Waals surface area contributed by atoms with E-state index in [0.29, 0.717) is 5.02 Å². The predicted octanol–water partition coefficient (Wildman–Crippen LogP) is 4.19. The van der Waals surface area contributed by atoms with E-state index in [-0.39, 0.29) is 6.54 Å². The Labute approximate surface area is 155 Å². The molecule has 0 fully saturated rings. The second-order valence-electron chi connectivity index (χ2n) is 5.32. The molecule has 0 saturated heterocycles. The zero-order chi connectivity index (χ0) is 18.4. The summed E-state index contributed by atoms with van der Waals surface area (Å²) in [6, 6.07) is 5.50. The van der Waals surface area contributed by atoms with E-state index in [4.69, 9.17) is 11.6 Å². The average molecular weight is 379 g/mol. The Bertz CT molecular complexity index is 830. The number of benzene rings is 1. The average Bonchev–Trinajstić information content (AvgIpc) is 3.04. The van der Waals surface area contributed by atoms with E-state index in [1.54, 1.807) is 17.4 Å². The van der Waals surface area contributed by atoms with Gasteiger partial charge in [0, 0.05) is 22.6 Å². The van der Waals surface area contributed by atoms with Crippen LogP contribution in [-0.4, -0.2) is 29.6 Å². The van der Waals surface area contributed by atoms with E-state index in [1.807, 2.05) is 38.3 Å². The number of hydrogen-bond acceptors (Lipinski definition) is 6. The van der Waals surface area contributed by atoms with Crippen molar-refractivity contribution in [2.75, 3.05) is 7.11 Å². The molecule has 0 radical (unpaired) electrons. The standard InChI is InChI=1S/C17H19ClN4O2S/c1-10-9-25-16(20-10)12(3)22-21-11(2)13-5-6-15(18)14(7-13)8-19-17(23)24-4/h5-7,9H,8H2,1-4H3,(H,19,23). The first-order chi connectivity index (χ1) is 11.9. The summed E-state index contributed by atoms with van der Waals surface area (Å²) in [5, 5.41) is 14.5. The molecule has 1 heterocycles. The summed E-state index contributed by atoms with van der Waals surface area (Å²) in [6.45, 7) is 5.96. The summed E-state index contributed by atoms with van der Waals surface area (Å²) in [7, 11) is 1.31. The van der Waals surface area contributed by atoms with Crippen LogP contribution >= 0.6 is 22.9 Å². The smallest absolute Gasteiger partial charge is 0.407 e. The van der Waals surface area contributed by atoms with Crippen molar-refractivity contribution in [1.29, 1.82) is 0 Å². The second-order valence-corrected chi connectivity index (χ2v) is 6.58. The van der Waals surface area contributed by atoms with Crippen LogP contribution in [0, 0.1) is 6.92 Å².